The molecule has 0 bridgehead atoms. The number of carbonyl (C=O) groups excluding carboxylic acids is 2. The summed E-state index contributed by atoms with van der Waals surface area (Å²) in [6.07, 6.45) is 1.60. The molecule has 6 nitrogen and oxygen atoms in total. The monoisotopic (exact) mass is 302 g/mol. The lowest BCUT2D eigenvalue weighted by atomic mass is 10.1. The predicted octanol–water partition coefficient (Wildman–Crippen LogP) is 0.891. The molecule has 1 saturated heterocycles. The maximum absolute atomic E-state index is 11.7. The van der Waals surface area contributed by atoms with Crippen LogP contribution in [0.5, 0.6) is 0 Å². The van der Waals surface area contributed by atoms with Gasteiger partial charge in [0.05, 0.1) is 0 Å². The number of benzene rings is 1. The Morgan fingerprint density at radius 1 is 1.14 bits per heavy atom. The molecule has 1 aromatic rings. The van der Waals surface area contributed by atoms with Crippen molar-refractivity contribution in [3.63, 3.8) is 0 Å². The van der Waals surface area contributed by atoms with E-state index >= 15 is 0 Å². The number of piperidine rings is 1. The molecule has 0 aliphatic carbocycles. The van der Waals surface area contributed by atoms with Crippen LogP contribution >= 0.6 is 0 Å². The van der Waals surface area contributed by atoms with Gasteiger partial charge in [0.1, 0.15) is 0 Å². The van der Waals surface area contributed by atoms with Crippen molar-refractivity contribution in [3.8, 4) is 0 Å². The minimum absolute atomic E-state index is 0.0784. The maximum atomic E-state index is 11.7. The van der Waals surface area contributed by atoms with Gasteiger partial charge in [0.2, 0.25) is 11.8 Å². The Bertz CT molecular complexity index is 526. The van der Waals surface area contributed by atoms with E-state index < -0.39 is 0 Å². The van der Waals surface area contributed by atoms with Gasteiger partial charge in [-0.3, -0.25) is 19.5 Å². The molecule has 0 unspecified atom stereocenters. The molecule has 1 aliphatic heterocycles. The summed E-state index contributed by atoms with van der Waals surface area (Å²) >= 11 is 0. The molecule has 0 spiro atoms. The SMILES string of the molecule is CN=C(NCCN1C(=O)CCCC1=O)NCc1ccccc1. The lowest BCUT2D eigenvalue weighted by Gasteiger charge is -2.25. The zero-order chi connectivity index (χ0) is 15.8. The van der Waals surface area contributed by atoms with Crippen LogP contribution in [0.15, 0.2) is 35.3 Å². The van der Waals surface area contributed by atoms with Crippen molar-refractivity contribution in [2.24, 2.45) is 4.99 Å². The third-order valence-electron chi connectivity index (χ3n) is 3.54. The van der Waals surface area contributed by atoms with Crippen LogP contribution in [-0.4, -0.2) is 42.8 Å². The molecule has 1 heterocycles. The Balaban J connectivity index is 1.74. The first-order valence-electron chi connectivity index (χ1n) is 7.52. The highest BCUT2D eigenvalue weighted by molar-refractivity contribution is 5.97. The zero-order valence-corrected chi connectivity index (χ0v) is 12.8. The minimum atomic E-state index is -0.0784. The van der Waals surface area contributed by atoms with Gasteiger partial charge in [-0.15, -0.1) is 0 Å². The number of nitrogens with zero attached hydrogens (tertiary/aromatic N) is 2. The quantitative estimate of drug-likeness (QED) is 0.481. The van der Waals surface area contributed by atoms with Gasteiger partial charge in [-0.05, 0) is 12.0 Å². The van der Waals surface area contributed by atoms with Crippen LogP contribution in [0.25, 0.3) is 0 Å². The number of nitrogens with one attached hydrogen (secondary N) is 2. The summed E-state index contributed by atoms with van der Waals surface area (Å²) in [6, 6.07) is 10.0. The van der Waals surface area contributed by atoms with Crippen LogP contribution < -0.4 is 10.6 Å². The van der Waals surface area contributed by atoms with E-state index in [-0.39, 0.29) is 11.8 Å². The largest absolute Gasteiger partial charge is 0.355 e. The highest BCUT2D eigenvalue weighted by atomic mass is 16.2. The molecule has 22 heavy (non-hydrogen) atoms. The van der Waals surface area contributed by atoms with Crippen molar-refractivity contribution in [2.75, 3.05) is 20.1 Å². The lowest BCUT2D eigenvalue weighted by Crippen LogP contribution is -2.46. The Kier molecular flexibility index (Phi) is 5.94. The third-order valence-corrected chi connectivity index (χ3v) is 3.54. The fourth-order valence-electron chi connectivity index (χ4n) is 2.34. The summed E-state index contributed by atoms with van der Waals surface area (Å²) in [6.45, 7) is 1.54. The van der Waals surface area contributed by atoms with Crippen LogP contribution in [0.4, 0.5) is 0 Å². The van der Waals surface area contributed by atoms with Crippen molar-refractivity contribution in [1.82, 2.24) is 15.5 Å². The number of hydrogen-bond donors (Lipinski definition) is 2. The first-order valence-corrected chi connectivity index (χ1v) is 7.52. The summed E-state index contributed by atoms with van der Waals surface area (Å²) in [5.74, 6) is 0.497. The van der Waals surface area contributed by atoms with E-state index in [1.807, 2.05) is 30.3 Å². The predicted molar refractivity (Wildman–Crippen MR) is 85.2 cm³/mol. The Morgan fingerprint density at radius 2 is 1.82 bits per heavy atom. The molecule has 2 rings (SSSR count). The van der Waals surface area contributed by atoms with Gasteiger partial charge in [0.25, 0.3) is 0 Å². The lowest BCUT2D eigenvalue weighted by molar-refractivity contribution is -0.147. The second-order valence-corrected chi connectivity index (χ2v) is 5.13. The zero-order valence-electron chi connectivity index (χ0n) is 12.8. The molecule has 0 aromatic heterocycles. The summed E-state index contributed by atoms with van der Waals surface area (Å²) in [4.78, 5) is 28.8. The van der Waals surface area contributed by atoms with E-state index in [9.17, 15) is 9.59 Å². The first-order chi connectivity index (χ1) is 10.7. The smallest absolute Gasteiger partial charge is 0.229 e. The summed E-state index contributed by atoms with van der Waals surface area (Å²) in [7, 11) is 1.69. The summed E-state index contributed by atoms with van der Waals surface area (Å²) in [5.41, 5.74) is 1.16. The molecule has 1 aliphatic rings. The minimum Gasteiger partial charge on any atom is -0.355 e. The van der Waals surface area contributed by atoms with E-state index in [0.29, 0.717) is 44.9 Å². The van der Waals surface area contributed by atoms with Crippen molar-refractivity contribution in [2.45, 2.75) is 25.8 Å². The maximum Gasteiger partial charge on any atom is 0.229 e. The van der Waals surface area contributed by atoms with E-state index in [2.05, 4.69) is 15.6 Å². The van der Waals surface area contributed by atoms with Crippen LogP contribution in [0.1, 0.15) is 24.8 Å². The number of imide groups is 1. The molecular formula is C16H22N4O2. The van der Waals surface area contributed by atoms with Crippen LogP contribution in [0, 0.1) is 0 Å². The Labute approximate surface area is 130 Å². The van der Waals surface area contributed by atoms with Gasteiger partial charge in [-0.1, -0.05) is 30.3 Å². The Hall–Kier alpha value is -2.37. The van der Waals surface area contributed by atoms with E-state index in [0.717, 1.165) is 5.56 Å². The third kappa shape index (κ3) is 4.58. The van der Waals surface area contributed by atoms with Crippen LogP contribution in [0.2, 0.25) is 0 Å². The number of hydrogen-bond acceptors (Lipinski definition) is 3. The number of guanidine groups is 1. The number of amides is 2. The molecule has 118 valence electrons. The molecule has 2 amide bonds. The van der Waals surface area contributed by atoms with Crippen molar-refractivity contribution in [1.29, 1.82) is 0 Å². The highest BCUT2D eigenvalue weighted by Crippen LogP contribution is 2.11. The number of likely N-dealkylation sites (tertiary alicyclic amines) is 1. The number of aliphatic imine (C=N–C) groups is 1. The fourth-order valence-corrected chi connectivity index (χ4v) is 2.34. The van der Waals surface area contributed by atoms with Crippen LogP contribution in [-0.2, 0) is 16.1 Å². The molecule has 2 N–H and O–H groups in total. The molecule has 0 atom stereocenters. The van der Waals surface area contributed by atoms with E-state index in [4.69, 9.17) is 0 Å². The summed E-state index contributed by atoms with van der Waals surface area (Å²) < 4.78 is 0. The Morgan fingerprint density at radius 3 is 2.45 bits per heavy atom. The van der Waals surface area contributed by atoms with Gasteiger partial charge in [-0.2, -0.15) is 0 Å². The van der Waals surface area contributed by atoms with Gasteiger partial charge in [0.15, 0.2) is 5.96 Å². The topological polar surface area (TPSA) is 73.8 Å². The van der Waals surface area contributed by atoms with Gasteiger partial charge in [-0.25, -0.2) is 0 Å². The van der Waals surface area contributed by atoms with Crippen molar-refractivity contribution < 1.29 is 9.59 Å². The standard InChI is InChI=1S/C16H22N4O2/c1-17-16(19-12-13-6-3-2-4-7-13)18-10-11-20-14(21)8-5-9-15(20)22/h2-4,6-7H,5,8-12H2,1H3,(H2,17,18,19). The van der Waals surface area contributed by atoms with Gasteiger partial charge >= 0.3 is 0 Å². The number of rotatable bonds is 5. The highest BCUT2D eigenvalue weighted by Gasteiger charge is 2.25. The molecule has 6 heteroatoms. The van der Waals surface area contributed by atoms with Crippen molar-refractivity contribution >= 4 is 17.8 Å². The van der Waals surface area contributed by atoms with Gasteiger partial charge < -0.3 is 10.6 Å². The normalized spacial score (nSPS) is 15.9. The van der Waals surface area contributed by atoms with Gasteiger partial charge in [0, 0.05) is 39.5 Å². The van der Waals surface area contributed by atoms with E-state index in [1.54, 1.807) is 7.05 Å². The number of carbonyl (C=O) groups is 2. The summed E-state index contributed by atoms with van der Waals surface area (Å²) in [5, 5.41) is 6.32. The fraction of sp³-hybridized carbons (Fsp3) is 0.438. The second kappa shape index (κ2) is 8.17. The molecule has 1 aromatic carbocycles. The molecule has 0 radical (unpaired) electrons. The molecule has 1 fully saturated rings. The first kappa shape index (κ1) is 16.0. The average molecular weight is 302 g/mol. The average Bonchev–Trinajstić information content (AvgIpc) is 2.54. The van der Waals surface area contributed by atoms with Crippen molar-refractivity contribution in [3.05, 3.63) is 35.9 Å². The van der Waals surface area contributed by atoms with Crippen LogP contribution in [0.3, 0.4) is 0 Å². The molecular weight excluding hydrogens is 280 g/mol. The van der Waals surface area contributed by atoms with E-state index in [1.165, 1.54) is 4.90 Å². The molecule has 0 saturated carbocycles. The second-order valence-electron chi connectivity index (χ2n) is 5.13.